The van der Waals surface area contributed by atoms with E-state index in [1.165, 1.54) is 0 Å². The van der Waals surface area contributed by atoms with Crippen LogP contribution in [0.25, 0.3) is 89.7 Å². The number of nitrogens with zero attached hydrogens (tertiary/aromatic N) is 6. The van der Waals surface area contributed by atoms with Gasteiger partial charge in [0.15, 0.2) is 57.8 Å². The molecule has 5 heterocycles. The molecule has 0 amide bonds. The second-order valence-electron chi connectivity index (χ2n) is 18.2. The van der Waals surface area contributed by atoms with Crippen LogP contribution >= 0.6 is 0 Å². The van der Waals surface area contributed by atoms with Gasteiger partial charge in [-0.05, 0) is 93.1 Å². The molecule has 374 valence electrons. The Labute approximate surface area is 434 Å². The Morgan fingerprint density at radius 2 is 0.611 bits per heavy atom. The maximum absolute atomic E-state index is 6.48. The van der Waals surface area contributed by atoms with Crippen molar-refractivity contribution in [2.24, 2.45) is 0 Å². The van der Waals surface area contributed by atoms with E-state index in [9.17, 15) is 0 Å². The number of nitrogen functional groups attached to an aromatic ring is 1. The Bertz CT molecular complexity index is 3190. The van der Waals surface area contributed by atoms with E-state index in [0.29, 0.717) is 126 Å². The normalized spacial score (nSPS) is 11.6. The first kappa shape index (κ1) is 51.8. The first-order valence-electron chi connectivity index (χ1n) is 25.9. The summed E-state index contributed by atoms with van der Waals surface area (Å²) in [5.74, 6) is 5.49. The summed E-state index contributed by atoms with van der Waals surface area (Å²) in [5, 5.41) is 3.11. The molecule has 0 aliphatic carbocycles. The Morgan fingerprint density at radius 1 is 0.347 bits per heavy atom. The van der Waals surface area contributed by atoms with Crippen molar-refractivity contribution < 1.29 is 47.9 Å². The van der Waals surface area contributed by atoms with Crippen LogP contribution in [-0.2, 0) is 19.5 Å². The molecule has 0 radical (unpaired) electrons. The zero-order valence-corrected chi connectivity index (χ0v) is 45.8. The van der Waals surface area contributed by atoms with E-state index in [4.69, 9.17) is 64.1 Å². The number of aromatic amines is 2. The molecule has 8 bridgehead atoms. The minimum absolute atomic E-state index is 0. The quantitative estimate of drug-likeness (QED) is 0.0295. The smallest absolute Gasteiger partial charge is 0.164 e. The molecular weight excluding hydrogens is 960 g/mol. The second-order valence-corrected chi connectivity index (χ2v) is 18.2. The third-order valence-electron chi connectivity index (χ3n) is 12.6. The predicted octanol–water partition coefficient (Wildman–Crippen LogP) is 13.5. The van der Waals surface area contributed by atoms with E-state index in [0.717, 1.165) is 121 Å². The van der Waals surface area contributed by atoms with Crippen molar-refractivity contribution in [2.45, 2.75) is 119 Å². The Balaban J connectivity index is 0.00000693. The number of benzene rings is 4. The van der Waals surface area contributed by atoms with Gasteiger partial charge in [-0.3, -0.25) is 0 Å². The number of fused-ring (bicyclic) bond motifs is 20. The molecule has 3 aromatic heterocycles. The number of anilines is 1. The third-order valence-corrected chi connectivity index (χ3v) is 12.6. The molecule has 4 aromatic carbocycles. The molecule has 0 fully saturated rings. The molecule has 0 atom stereocenters. The number of aromatic nitrogens is 8. The van der Waals surface area contributed by atoms with E-state index < -0.39 is 0 Å². The molecule has 7 aromatic rings. The van der Waals surface area contributed by atoms with E-state index >= 15 is 0 Å². The van der Waals surface area contributed by atoms with Crippen LogP contribution in [0.5, 0.6) is 34.5 Å². The van der Waals surface area contributed by atoms with Gasteiger partial charge in [0, 0.05) is 69.0 Å². The summed E-state index contributed by atoms with van der Waals surface area (Å²) >= 11 is 0. The van der Waals surface area contributed by atoms with Crippen LogP contribution in [-0.4, -0.2) is 79.5 Å². The van der Waals surface area contributed by atoms with E-state index in [2.05, 4.69) is 51.5 Å². The monoisotopic (exact) mass is 1030 g/mol. The fraction of sp³-hybridized carbons (Fsp3) is 0.429. The maximum atomic E-state index is 6.48. The molecular formula is C56H67N9O6Zn. The summed E-state index contributed by atoms with van der Waals surface area (Å²) in [6.07, 6.45) is 11.3. The number of hydrogen-bond donors (Lipinski definition) is 3. The molecule has 0 spiro atoms. The maximum Gasteiger partial charge on any atom is 0.164 e. The average Bonchev–Trinajstić information content (AvgIpc) is 4.09. The number of ether oxygens (including phenoxy) is 6. The van der Waals surface area contributed by atoms with Gasteiger partial charge < -0.3 is 44.1 Å². The fourth-order valence-electron chi connectivity index (χ4n) is 8.46. The van der Waals surface area contributed by atoms with E-state index in [1.807, 2.05) is 54.6 Å². The molecule has 9 rings (SSSR count). The average molecular weight is 1030 g/mol. The summed E-state index contributed by atoms with van der Waals surface area (Å²) in [6.45, 7) is 16.1. The zero-order chi connectivity index (χ0) is 49.3. The van der Waals surface area contributed by atoms with Crippen molar-refractivity contribution in [3.05, 3.63) is 54.6 Å². The van der Waals surface area contributed by atoms with Gasteiger partial charge in [-0.15, -0.1) is 0 Å². The Morgan fingerprint density at radius 3 is 0.903 bits per heavy atom. The number of rotatable bonds is 24. The minimum atomic E-state index is 0. The summed E-state index contributed by atoms with van der Waals surface area (Å²) in [4.78, 5) is 38.9. The Hall–Kier alpha value is -6.54. The molecule has 2 aliphatic heterocycles. The molecule has 15 nitrogen and oxygen atoms in total. The summed E-state index contributed by atoms with van der Waals surface area (Å²) in [5.41, 5.74) is 12.1. The van der Waals surface area contributed by atoms with Crippen molar-refractivity contribution in [1.29, 1.82) is 0 Å². The van der Waals surface area contributed by atoms with Gasteiger partial charge in [-0.2, -0.15) is 0 Å². The third kappa shape index (κ3) is 11.2. The number of nitrogens with two attached hydrogens (primary N) is 1. The summed E-state index contributed by atoms with van der Waals surface area (Å²) < 4.78 is 38.7. The largest absolute Gasteiger partial charge is 0.490 e. The molecule has 2 aliphatic rings. The zero-order valence-electron chi connectivity index (χ0n) is 42.8. The topological polar surface area (TPSA) is 190 Å². The summed E-state index contributed by atoms with van der Waals surface area (Å²) in [6, 6.07) is 17.6. The summed E-state index contributed by atoms with van der Waals surface area (Å²) in [7, 11) is 0. The predicted molar refractivity (Wildman–Crippen MR) is 283 cm³/mol. The molecule has 0 unspecified atom stereocenters. The van der Waals surface area contributed by atoms with Gasteiger partial charge >= 0.3 is 0 Å². The van der Waals surface area contributed by atoms with Crippen molar-refractivity contribution in [2.75, 3.05) is 45.4 Å². The first-order valence-corrected chi connectivity index (χ1v) is 25.9. The first-order chi connectivity index (χ1) is 34.8. The molecule has 0 saturated carbocycles. The van der Waals surface area contributed by atoms with Crippen LogP contribution in [0.2, 0.25) is 0 Å². The second kappa shape index (κ2) is 24.3. The number of unbranched alkanes of at least 4 members (excludes halogenated alkanes) is 6. The number of H-pyrrole nitrogens is 2. The SMILES string of the molecule is CCCCOc1cc2c(cc1OCCCC)-c1nc-2nc2[nH]c(nc3nc(nc4[nH]c(n1)c1cc(OCCCC)c(OCCCC)cc41)-c1cc(OCCCC)c(OCCCC)cc1-3)c1cc(N)ccc21.[Zn]. The van der Waals surface area contributed by atoms with Crippen LogP contribution in [0.15, 0.2) is 54.6 Å². The fourth-order valence-corrected chi connectivity index (χ4v) is 8.46. The van der Waals surface area contributed by atoms with Crippen molar-refractivity contribution in [3.63, 3.8) is 0 Å². The van der Waals surface area contributed by atoms with Crippen LogP contribution in [0.3, 0.4) is 0 Å². The molecule has 4 N–H and O–H groups in total. The number of hydrogen-bond acceptors (Lipinski definition) is 13. The Kier molecular flexibility index (Phi) is 17.5. The molecule has 72 heavy (non-hydrogen) atoms. The standard InChI is InChI=1S/C56H67N9O6.Zn/c1-7-13-21-66-43-28-37-38(29-44(43)67-22-14-8-2)53-61-51(37)59-49-35-20-19-34(57)27-36(35)50(58-49)60-52-39-30-45(68-23-15-9-3)46(69-24-16-10-4)31-40(39)54(62-52)64-56-42-33-48(71-26-18-12-6)47(70-25-17-11-5)32-41(42)55(63-53)65-56;/h19-20,27-33H,7-18,21-26,57H2,1-6H3,(H2,58,59,60,61,62,63,64,65);. The van der Waals surface area contributed by atoms with Crippen molar-refractivity contribution >= 4 is 49.8 Å². The number of nitrogens with one attached hydrogen (secondary N) is 2. The van der Waals surface area contributed by atoms with Gasteiger partial charge in [-0.25, -0.2) is 29.9 Å². The van der Waals surface area contributed by atoms with Crippen molar-refractivity contribution in [3.8, 4) is 80.0 Å². The van der Waals surface area contributed by atoms with Gasteiger partial charge in [0.2, 0.25) is 0 Å². The minimum Gasteiger partial charge on any atom is -0.490 e. The van der Waals surface area contributed by atoms with Crippen LogP contribution in [0.4, 0.5) is 5.69 Å². The van der Waals surface area contributed by atoms with Gasteiger partial charge in [-0.1, -0.05) is 80.1 Å². The molecule has 0 saturated heterocycles. The van der Waals surface area contributed by atoms with Gasteiger partial charge in [0.05, 0.1) is 39.6 Å². The van der Waals surface area contributed by atoms with Gasteiger partial charge in [0.25, 0.3) is 0 Å². The van der Waals surface area contributed by atoms with E-state index in [-0.39, 0.29) is 19.5 Å². The van der Waals surface area contributed by atoms with Crippen LogP contribution in [0.1, 0.15) is 119 Å². The van der Waals surface area contributed by atoms with E-state index in [1.54, 1.807) is 0 Å². The van der Waals surface area contributed by atoms with Crippen LogP contribution < -0.4 is 34.2 Å². The molecule has 16 heteroatoms. The van der Waals surface area contributed by atoms with Crippen molar-refractivity contribution in [1.82, 2.24) is 39.9 Å². The van der Waals surface area contributed by atoms with Gasteiger partial charge in [0.1, 0.15) is 22.6 Å². The van der Waals surface area contributed by atoms with Crippen LogP contribution in [0, 0.1) is 0 Å².